The lowest BCUT2D eigenvalue weighted by Gasteiger charge is -2.46. The van der Waals surface area contributed by atoms with Crippen molar-refractivity contribution in [1.29, 1.82) is 0 Å². The fraction of sp³-hybridized carbons (Fsp3) is 0.500. The normalized spacial score (nSPS) is 23.9. The summed E-state index contributed by atoms with van der Waals surface area (Å²) in [6, 6.07) is 9.36. The van der Waals surface area contributed by atoms with Gasteiger partial charge in [-0.15, -0.1) is 0 Å². The SMILES string of the molecule is COc1ccc(CN2C[C@H]3C[C@@H](C2)[C@H](CO)n2c3cccc2=O)c(OC)c1C. The average Bonchev–Trinajstić information content (AvgIpc) is 2.69. The summed E-state index contributed by atoms with van der Waals surface area (Å²) in [6.07, 6.45) is 1.02. The van der Waals surface area contributed by atoms with Crippen LogP contribution in [-0.2, 0) is 6.54 Å². The maximum atomic E-state index is 12.4. The molecular formula is C22H28N2O4. The Morgan fingerprint density at radius 2 is 1.96 bits per heavy atom. The summed E-state index contributed by atoms with van der Waals surface area (Å²) >= 11 is 0. The summed E-state index contributed by atoms with van der Waals surface area (Å²) < 4.78 is 12.9. The van der Waals surface area contributed by atoms with E-state index < -0.39 is 0 Å². The van der Waals surface area contributed by atoms with Crippen LogP contribution in [0.15, 0.2) is 35.1 Å². The number of hydrogen-bond acceptors (Lipinski definition) is 5. The zero-order valence-corrected chi connectivity index (χ0v) is 16.7. The first kappa shape index (κ1) is 19.0. The molecule has 1 N–H and O–H groups in total. The number of benzene rings is 1. The number of aliphatic hydroxyl groups is 1. The maximum Gasteiger partial charge on any atom is 0.251 e. The van der Waals surface area contributed by atoms with Crippen molar-refractivity contribution in [3.05, 3.63) is 57.5 Å². The largest absolute Gasteiger partial charge is 0.496 e. The van der Waals surface area contributed by atoms with Crippen molar-refractivity contribution in [2.75, 3.05) is 33.9 Å². The van der Waals surface area contributed by atoms with E-state index >= 15 is 0 Å². The highest BCUT2D eigenvalue weighted by Gasteiger charge is 2.40. The lowest BCUT2D eigenvalue weighted by Crippen LogP contribution is -2.50. The Balaban J connectivity index is 1.64. The highest BCUT2D eigenvalue weighted by Crippen LogP contribution is 2.42. The van der Waals surface area contributed by atoms with Crippen LogP contribution in [0.1, 0.15) is 35.2 Å². The van der Waals surface area contributed by atoms with Gasteiger partial charge in [-0.05, 0) is 31.4 Å². The summed E-state index contributed by atoms with van der Waals surface area (Å²) in [5, 5.41) is 10.0. The average molecular weight is 384 g/mol. The summed E-state index contributed by atoms with van der Waals surface area (Å²) in [5.74, 6) is 2.26. The van der Waals surface area contributed by atoms with Gasteiger partial charge in [-0.3, -0.25) is 9.69 Å². The molecule has 6 heteroatoms. The van der Waals surface area contributed by atoms with Crippen molar-refractivity contribution in [3.8, 4) is 11.5 Å². The van der Waals surface area contributed by atoms with E-state index in [0.29, 0.717) is 5.92 Å². The van der Waals surface area contributed by atoms with Gasteiger partial charge in [0.05, 0.1) is 26.9 Å². The zero-order chi connectivity index (χ0) is 19.8. The first-order valence-corrected chi connectivity index (χ1v) is 9.82. The van der Waals surface area contributed by atoms with E-state index in [9.17, 15) is 9.90 Å². The molecule has 0 aliphatic carbocycles. The van der Waals surface area contributed by atoms with Crippen LogP contribution in [0, 0.1) is 12.8 Å². The van der Waals surface area contributed by atoms with Crippen molar-refractivity contribution in [2.45, 2.75) is 31.8 Å². The molecule has 1 saturated heterocycles. The van der Waals surface area contributed by atoms with Gasteiger partial charge >= 0.3 is 0 Å². The minimum atomic E-state index is -0.151. The summed E-state index contributed by atoms with van der Waals surface area (Å²) in [7, 11) is 3.36. The molecule has 0 saturated carbocycles. The highest BCUT2D eigenvalue weighted by molar-refractivity contribution is 5.49. The number of hydrogen-bond donors (Lipinski definition) is 1. The third kappa shape index (κ3) is 3.10. The molecular weight excluding hydrogens is 356 g/mol. The van der Waals surface area contributed by atoms with Gasteiger partial charge in [0.1, 0.15) is 11.5 Å². The van der Waals surface area contributed by atoms with E-state index in [-0.39, 0.29) is 24.1 Å². The van der Waals surface area contributed by atoms with Crippen molar-refractivity contribution < 1.29 is 14.6 Å². The Hall–Kier alpha value is -2.31. The molecule has 150 valence electrons. The van der Waals surface area contributed by atoms with E-state index in [1.165, 1.54) is 0 Å². The van der Waals surface area contributed by atoms with E-state index in [2.05, 4.69) is 11.0 Å². The molecule has 4 rings (SSSR count). The number of nitrogens with zero attached hydrogens (tertiary/aromatic N) is 2. The second kappa shape index (κ2) is 7.60. The number of ether oxygens (including phenoxy) is 2. The molecule has 0 spiro atoms. The Morgan fingerprint density at radius 3 is 2.68 bits per heavy atom. The molecule has 28 heavy (non-hydrogen) atoms. The lowest BCUT2D eigenvalue weighted by molar-refractivity contribution is 0.0577. The molecule has 0 radical (unpaired) electrons. The minimum absolute atomic E-state index is 0.00683. The van der Waals surface area contributed by atoms with Gasteiger partial charge in [0.25, 0.3) is 5.56 Å². The van der Waals surface area contributed by atoms with Crippen molar-refractivity contribution in [3.63, 3.8) is 0 Å². The molecule has 1 aromatic carbocycles. The van der Waals surface area contributed by atoms with E-state index in [4.69, 9.17) is 9.47 Å². The predicted octanol–water partition coefficient (Wildman–Crippen LogP) is 2.33. The van der Waals surface area contributed by atoms with Crippen LogP contribution >= 0.6 is 0 Å². The second-order valence-electron chi connectivity index (χ2n) is 7.88. The number of rotatable bonds is 5. The summed E-state index contributed by atoms with van der Waals surface area (Å²) in [5.41, 5.74) is 3.18. The number of methoxy groups -OCH3 is 2. The molecule has 0 unspecified atom stereocenters. The van der Waals surface area contributed by atoms with Gasteiger partial charge in [0.15, 0.2) is 0 Å². The molecule has 0 amide bonds. The van der Waals surface area contributed by atoms with Gasteiger partial charge in [0, 0.05) is 48.4 Å². The third-order valence-corrected chi connectivity index (χ3v) is 6.32. The van der Waals surface area contributed by atoms with Gasteiger partial charge in [-0.2, -0.15) is 0 Å². The van der Waals surface area contributed by atoms with Crippen molar-refractivity contribution >= 4 is 0 Å². The number of likely N-dealkylation sites (tertiary alicyclic amines) is 1. The lowest BCUT2D eigenvalue weighted by atomic mass is 9.78. The number of fused-ring (bicyclic) bond motifs is 4. The van der Waals surface area contributed by atoms with Crippen LogP contribution < -0.4 is 15.0 Å². The molecule has 2 aliphatic rings. The first-order valence-electron chi connectivity index (χ1n) is 9.82. The van der Waals surface area contributed by atoms with Crippen LogP contribution in [-0.4, -0.2) is 48.5 Å². The van der Waals surface area contributed by atoms with Crippen molar-refractivity contribution in [1.82, 2.24) is 9.47 Å². The Morgan fingerprint density at radius 1 is 1.14 bits per heavy atom. The number of aliphatic hydroxyl groups excluding tert-OH is 1. The predicted molar refractivity (Wildman–Crippen MR) is 107 cm³/mol. The Bertz CT molecular complexity index is 923. The van der Waals surface area contributed by atoms with E-state index in [1.54, 1.807) is 20.3 Å². The van der Waals surface area contributed by atoms with Gasteiger partial charge in [-0.1, -0.05) is 12.1 Å². The molecule has 3 atom stereocenters. The fourth-order valence-electron chi connectivity index (χ4n) is 5.10. The molecule has 1 fully saturated rings. The molecule has 2 aromatic rings. The quantitative estimate of drug-likeness (QED) is 0.857. The molecule has 3 heterocycles. The van der Waals surface area contributed by atoms with E-state index in [1.807, 2.05) is 29.7 Å². The minimum Gasteiger partial charge on any atom is -0.496 e. The fourth-order valence-corrected chi connectivity index (χ4v) is 5.10. The first-order chi connectivity index (χ1) is 13.6. The topological polar surface area (TPSA) is 63.9 Å². The van der Waals surface area contributed by atoms with Gasteiger partial charge in [-0.25, -0.2) is 0 Å². The highest BCUT2D eigenvalue weighted by atomic mass is 16.5. The number of piperidine rings is 1. The third-order valence-electron chi connectivity index (χ3n) is 6.32. The molecule has 2 bridgehead atoms. The molecule has 2 aliphatic heterocycles. The number of aromatic nitrogens is 1. The number of pyridine rings is 1. The smallest absolute Gasteiger partial charge is 0.251 e. The monoisotopic (exact) mass is 384 g/mol. The van der Waals surface area contributed by atoms with E-state index in [0.717, 1.165) is 54.4 Å². The van der Waals surface area contributed by atoms with Crippen LogP contribution in [0.5, 0.6) is 11.5 Å². The van der Waals surface area contributed by atoms with Crippen LogP contribution in [0.4, 0.5) is 0 Å². The maximum absolute atomic E-state index is 12.4. The Labute approximate surface area is 165 Å². The second-order valence-corrected chi connectivity index (χ2v) is 7.88. The molecule has 6 nitrogen and oxygen atoms in total. The van der Waals surface area contributed by atoms with Crippen LogP contribution in [0.2, 0.25) is 0 Å². The van der Waals surface area contributed by atoms with Gasteiger partial charge < -0.3 is 19.1 Å². The molecule has 1 aromatic heterocycles. The summed E-state index contributed by atoms with van der Waals surface area (Å²) in [6.45, 7) is 4.53. The Kier molecular flexibility index (Phi) is 5.17. The van der Waals surface area contributed by atoms with Crippen LogP contribution in [0.3, 0.4) is 0 Å². The zero-order valence-electron chi connectivity index (χ0n) is 16.7. The van der Waals surface area contributed by atoms with Gasteiger partial charge in [0.2, 0.25) is 0 Å². The standard InChI is InChI=1S/C22H28N2O4/c1-14-20(27-2)8-7-15(22(14)28-3)10-23-11-16-9-17(12-23)19(13-25)24-18(16)5-4-6-21(24)26/h4-8,16-17,19,25H,9-13H2,1-3H3/t16-,17+,19+/m1/s1. The van der Waals surface area contributed by atoms with Crippen molar-refractivity contribution in [2.24, 2.45) is 5.92 Å². The summed E-state index contributed by atoms with van der Waals surface area (Å²) in [4.78, 5) is 14.9. The van der Waals surface area contributed by atoms with Crippen LogP contribution in [0.25, 0.3) is 0 Å².